The van der Waals surface area contributed by atoms with E-state index in [1.807, 2.05) is 48.5 Å². The molecule has 2 fully saturated rings. The molecule has 26 heteroatoms. The van der Waals surface area contributed by atoms with Crippen LogP contribution in [0.2, 0.25) is 0 Å². The van der Waals surface area contributed by atoms with Crippen molar-refractivity contribution in [3.8, 4) is 5.75 Å². The second kappa shape index (κ2) is 33.2. The maximum atomic E-state index is 15.5. The number of nitrogens with zero attached hydrogens (tertiary/aromatic N) is 3. The standard InChI is InChI=1S/C76H95N11O15/c1-43(77-9)64(88)83-62(75(3,4)5)71(95)86-41-53-38-60(86)69(93)80-56(36-47-23-26-48-17-11-12-18-50(48)33-47)67(91)81-57(73(97)98)35-46-24-29-54(30-25-46)101-31-15-16-32-102-55-39-61(87(42-55)72(96)63(76(6,7)8)84-65(89)44(2)78-10)70(94)85-40-52-20-14-13-19-51(52)37-59(85)68(92)82-58(74(99)100)34-45-21-27-49(28-22-45)66(90)79-53/h11-30,33,43-44,53,55-63,77-78H,31-32,34-42H2,1-10H3,(H,79,90)(H,80,93)(H,81,91)(H,82,92)(H,83,88)(H,84,89)(H,97,98)(H,99,100)/b16-15+/t43-,44-,53-,55-,56-,57-,58-,59-,60-,61?,62+,63+/m0/s1. The summed E-state index contributed by atoms with van der Waals surface area (Å²) >= 11 is 0. The van der Waals surface area contributed by atoms with Gasteiger partial charge in [-0.05, 0) is 114 Å². The minimum absolute atomic E-state index is 0.00103. The zero-order valence-electron chi connectivity index (χ0n) is 59.4. The summed E-state index contributed by atoms with van der Waals surface area (Å²) < 4.78 is 12.4. The average Bonchev–Trinajstić information content (AvgIpc) is 1.47. The van der Waals surface area contributed by atoms with Gasteiger partial charge in [-0.2, -0.15) is 0 Å². The number of benzene rings is 5. The van der Waals surface area contributed by atoms with Gasteiger partial charge in [0, 0.05) is 63.3 Å². The van der Waals surface area contributed by atoms with Crippen LogP contribution in [0, 0.1) is 10.8 Å². The third-order valence-corrected chi connectivity index (χ3v) is 19.4. The van der Waals surface area contributed by atoms with Crippen LogP contribution in [0.5, 0.6) is 5.75 Å². The largest absolute Gasteiger partial charge is 0.490 e. The molecule has 12 atom stereocenters. The van der Waals surface area contributed by atoms with Gasteiger partial charge in [-0.1, -0.05) is 139 Å². The number of carboxylic acids is 2. The molecule has 9 amide bonds. The molecule has 7 aliphatic heterocycles. The monoisotopic (exact) mass is 1400 g/mol. The van der Waals surface area contributed by atoms with E-state index in [1.165, 1.54) is 39.0 Å². The summed E-state index contributed by atoms with van der Waals surface area (Å²) in [5, 5.41) is 45.8. The predicted molar refractivity (Wildman–Crippen MR) is 379 cm³/mol. The van der Waals surface area contributed by atoms with Crippen molar-refractivity contribution in [3.05, 3.63) is 161 Å². The summed E-state index contributed by atoms with van der Waals surface area (Å²) in [4.78, 5) is 162. The molecule has 7 aliphatic rings. The Kier molecular flexibility index (Phi) is 24.8. The normalized spacial score (nSPS) is 23.5. The van der Waals surface area contributed by atoms with E-state index >= 15 is 19.2 Å². The molecule has 5 aromatic carbocycles. The summed E-state index contributed by atoms with van der Waals surface area (Å²) in [5.74, 6) is -8.11. The third-order valence-electron chi connectivity index (χ3n) is 19.4. The SMILES string of the molecule is CN[C@@H](C)C(=O)N[C@H](C(=O)N1C[C@@H]2CC1C(=O)N1Cc3ccccc3C[C@H]1C(=O)N[C@H](C(=O)O)Cc1ccc(cc1)C(=O)N[C@H]1C[C@@H](C(=O)N[C@@H](Cc3ccc4ccccc4c3)C(=O)N[C@H](C(=O)O)Cc3ccc(cc3)OC/C=C/CO2)N(C(=O)[C@@H](NC(=O)[C@H](C)NC)C(C)(C)C)C1)C(C)(C)C. The molecule has 0 aromatic heterocycles. The number of carbonyl (C=O) groups is 11. The summed E-state index contributed by atoms with van der Waals surface area (Å²) in [7, 11) is 3.20. The molecule has 0 saturated carbocycles. The van der Waals surface area contributed by atoms with Crippen molar-refractivity contribution in [1.29, 1.82) is 0 Å². The fourth-order valence-electron chi connectivity index (χ4n) is 13.2. The maximum absolute atomic E-state index is 15.5. The molecular formula is C76H95N11O15. The van der Waals surface area contributed by atoms with Gasteiger partial charge in [-0.15, -0.1) is 0 Å². The molecule has 5 aromatic rings. The first kappa shape index (κ1) is 76.1. The van der Waals surface area contributed by atoms with Crippen molar-refractivity contribution >= 4 is 75.9 Å². The number of hydrogen-bond acceptors (Lipinski definition) is 15. The highest BCUT2D eigenvalue weighted by atomic mass is 16.5. The molecule has 0 spiro atoms. The molecule has 12 rings (SSSR count). The lowest BCUT2D eigenvalue weighted by atomic mass is 9.85. The number of fused-ring (bicyclic) bond motifs is 2. The molecule has 8 bridgehead atoms. The van der Waals surface area contributed by atoms with E-state index in [-0.39, 0.29) is 76.9 Å². The molecule has 0 radical (unpaired) electrons. The number of hydrogen-bond donors (Lipinski definition) is 10. The third kappa shape index (κ3) is 18.9. The van der Waals surface area contributed by atoms with Gasteiger partial charge in [0.05, 0.1) is 24.8 Å². The first-order valence-corrected chi connectivity index (χ1v) is 34.6. The number of carboxylic acid groups (broad SMARTS) is 2. The lowest BCUT2D eigenvalue weighted by Gasteiger charge is -2.40. The van der Waals surface area contributed by atoms with Crippen molar-refractivity contribution in [2.75, 3.05) is 40.4 Å². The van der Waals surface area contributed by atoms with Gasteiger partial charge in [-0.3, -0.25) is 43.2 Å². The van der Waals surface area contributed by atoms with Crippen LogP contribution in [-0.2, 0) is 84.9 Å². The van der Waals surface area contributed by atoms with E-state index in [1.54, 1.807) is 124 Å². The van der Waals surface area contributed by atoms with E-state index in [0.29, 0.717) is 22.4 Å². The van der Waals surface area contributed by atoms with Crippen LogP contribution >= 0.6 is 0 Å². The van der Waals surface area contributed by atoms with Crippen molar-refractivity contribution in [2.45, 2.75) is 173 Å². The van der Waals surface area contributed by atoms with Crippen LogP contribution in [0.25, 0.3) is 10.8 Å². The fraction of sp³-hybridized carbons (Fsp3) is 0.461. The topological polar surface area (TPSA) is 353 Å². The van der Waals surface area contributed by atoms with Gasteiger partial charge in [0.25, 0.3) is 5.91 Å². The molecule has 7 heterocycles. The summed E-state index contributed by atoms with van der Waals surface area (Å²) in [5.41, 5.74) is 1.35. The van der Waals surface area contributed by atoms with Crippen LogP contribution in [0.15, 0.2) is 127 Å². The van der Waals surface area contributed by atoms with Crippen molar-refractivity contribution < 1.29 is 72.4 Å². The molecule has 2 saturated heterocycles. The smallest absolute Gasteiger partial charge is 0.326 e. The van der Waals surface area contributed by atoms with Crippen molar-refractivity contribution in [2.24, 2.45) is 10.8 Å². The van der Waals surface area contributed by atoms with Gasteiger partial charge < -0.3 is 76.9 Å². The fourth-order valence-corrected chi connectivity index (χ4v) is 13.2. The van der Waals surface area contributed by atoms with E-state index in [9.17, 15) is 43.8 Å². The second-order valence-corrected chi connectivity index (χ2v) is 29.0. The number of carbonyl (C=O) groups excluding carboxylic acids is 9. The van der Waals surface area contributed by atoms with Gasteiger partial charge >= 0.3 is 11.9 Å². The number of ether oxygens (including phenoxy) is 2. The molecule has 1 unspecified atom stereocenters. The lowest BCUT2D eigenvalue weighted by molar-refractivity contribution is -0.152. The van der Waals surface area contributed by atoms with Gasteiger partial charge in [-0.25, -0.2) is 9.59 Å². The van der Waals surface area contributed by atoms with Gasteiger partial charge in [0.1, 0.15) is 60.7 Å². The zero-order valence-corrected chi connectivity index (χ0v) is 59.4. The highest BCUT2D eigenvalue weighted by molar-refractivity contribution is 5.99. The summed E-state index contributed by atoms with van der Waals surface area (Å²) in [6, 6.07) is 20.0. The van der Waals surface area contributed by atoms with Crippen molar-refractivity contribution in [3.63, 3.8) is 0 Å². The van der Waals surface area contributed by atoms with Crippen LogP contribution in [0.4, 0.5) is 0 Å². The van der Waals surface area contributed by atoms with E-state index in [4.69, 9.17) is 9.47 Å². The van der Waals surface area contributed by atoms with Gasteiger partial charge in [0.2, 0.25) is 47.3 Å². The summed E-state index contributed by atoms with van der Waals surface area (Å²) in [6.45, 7) is 13.6. The molecule has 10 N–H and O–H groups in total. The first-order valence-electron chi connectivity index (χ1n) is 34.6. The number of amides is 9. The first-order chi connectivity index (χ1) is 48.4. The van der Waals surface area contributed by atoms with E-state index < -0.39 is 148 Å². The van der Waals surface area contributed by atoms with E-state index in [2.05, 4.69) is 42.5 Å². The molecule has 0 aliphatic carbocycles. The number of nitrogens with one attached hydrogen (secondary N) is 8. The minimum Gasteiger partial charge on any atom is -0.490 e. The van der Waals surface area contributed by atoms with Crippen LogP contribution in [-0.4, -0.2) is 203 Å². The van der Waals surface area contributed by atoms with E-state index in [0.717, 1.165) is 21.9 Å². The van der Waals surface area contributed by atoms with Crippen molar-refractivity contribution in [1.82, 2.24) is 57.2 Å². The zero-order chi connectivity index (χ0) is 73.9. The van der Waals surface area contributed by atoms with Crippen LogP contribution in [0.1, 0.15) is 106 Å². The Labute approximate surface area is 593 Å². The number of aliphatic carboxylic acids is 2. The molecular weight excluding hydrogens is 1310 g/mol. The average molecular weight is 1400 g/mol. The molecule has 26 nitrogen and oxygen atoms in total. The highest BCUT2D eigenvalue weighted by Gasteiger charge is 2.50. The quantitative estimate of drug-likeness (QED) is 0.0801. The Balaban J connectivity index is 1.05. The Morgan fingerprint density at radius 1 is 0.569 bits per heavy atom. The van der Waals surface area contributed by atoms with Crippen LogP contribution in [0.3, 0.4) is 0 Å². The number of likely N-dealkylation sites (tertiary alicyclic amines) is 2. The second-order valence-electron chi connectivity index (χ2n) is 29.0. The molecule has 102 heavy (non-hydrogen) atoms. The Hall–Kier alpha value is -10.0. The Morgan fingerprint density at radius 2 is 1.10 bits per heavy atom. The predicted octanol–water partition coefficient (Wildman–Crippen LogP) is 3.36. The number of likely N-dealkylation sites (N-methyl/N-ethyl adjacent to an activating group) is 2. The van der Waals surface area contributed by atoms with Gasteiger partial charge in [0.15, 0.2) is 0 Å². The number of rotatable bonds is 12. The summed E-state index contributed by atoms with van der Waals surface area (Å²) in [6.07, 6.45) is 1.97. The minimum atomic E-state index is -1.55. The van der Waals surface area contributed by atoms with Crippen LogP contribution < -0.4 is 47.3 Å². The Morgan fingerprint density at radius 3 is 1.68 bits per heavy atom. The maximum Gasteiger partial charge on any atom is 0.326 e. The Bertz CT molecular complexity index is 3960. The lowest BCUT2D eigenvalue weighted by Crippen LogP contribution is -2.62. The molecule has 544 valence electrons. The highest BCUT2D eigenvalue weighted by Crippen LogP contribution is 2.33.